The number of nitrogens with zero attached hydrogens (tertiary/aromatic N) is 1. The minimum atomic E-state index is -0.521. The first-order valence-electron chi connectivity index (χ1n) is 8.02. The number of ether oxygens (including phenoxy) is 2. The number of benzene rings is 2. The molecule has 26 heavy (non-hydrogen) atoms. The van der Waals surface area contributed by atoms with E-state index in [1.807, 2.05) is 0 Å². The third-order valence-corrected chi connectivity index (χ3v) is 4.14. The van der Waals surface area contributed by atoms with E-state index in [0.717, 1.165) is 18.2 Å². The first-order valence-corrected chi connectivity index (χ1v) is 8.02. The predicted molar refractivity (Wildman–Crippen MR) is 95.6 cm³/mol. The highest BCUT2D eigenvalue weighted by molar-refractivity contribution is 5.94. The zero-order valence-corrected chi connectivity index (χ0v) is 15.2. The largest absolute Gasteiger partial charge is 0.497 e. The van der Waals surface area contributed by atoms with Crippen LogP contribution in [0.5, 0.6) is 11.5 Å². The van der Waals surface area contributed by atoms with Gasteiger partial charge in [0.05, 0.1) is 26.5 Å². The first kappa shape index (κ1) is 19.7. The minimum Gasteiger partial charge on any atom is -0.497 e. The number of carbonyl (C=O) groups is 1. The molecule has 2 rings (SSSR count). The zero-order chi connectivity index (χ0) is 19.3. The molecule has 1 unspecified atom stereocenters. The van der Waals surface area contributed by atoms with E-state index in [9.17, 15) is 13.6 Å². The van der Waals surface area contributed by atoms with Gasteiger partial charge < -0.3 is 14.8 Å². The number of hydrogen-bond acceptors (Lipinski definition) is 4. The van der Waals surface area contributed by atoms with E-state index < -0.39 is 17.7 Å². The molecular weight excluding hydrogens is 342 g/mol. The Labute approximate surface area is 151 Å². The number of amides is 1. The molecule has 140 valence electrons. The van der Waals surface area contributed by atoms with Crippen LogP contribution in [0.15, 0.2) is 36.4 Å². The molecule has 2 aromatic rings. The van der Waals surface area contributed by atoms with Gasteiger partial charge in [0.25, 0.3) is 0 Å². The van der Waals surface area contributed by atoms with Crippen molar-refractivity contribution in [3.05, 3.63) is 53.6 Å². The summed E-state index contributed by atoms with van der Waals surface area (Å²) in [5.74, 6) is -0.286. The highest BCUT2D eigenvalue weighted by Crippen LogP contribution is 2.29. The predicted octanol–water partition coefficient (Wildman–Crippen LogP) is 3.61. The van der Waals surface area contributed by atoms with Gasteiger partial charge in [-0.1, -0.05) is 0 Å². The molecule has 7 heteroatoms. The van der Waals surface area contributed by atoms with E-state index in [0.29, 0.717) is 17.2 Å². The van der Waals surface area contributed by atoms with Crippen LogP contribution in [0, 0.1) is 11.6 Å². The van der Waals surface area contributed by atoms with Crippen molar-refractivity contribution < 1.29 is 23.0 Å². The summed E-state index contributed by atoms with van der Waals surface area (Å²) in [4.78, 5) is 14.0. The van der Waals surface area contributed by atoms with Crippen molar-refractivity contribution in [1.29, 1.82) is 0 Å². The summed E-state index contributed by atoms with van der Waals surface area (Å²) in [6.07, 6.45) is 0. The number of nitrogens with one attached hydrogen (secondary N) is 1. The number of rotatable bonds is 7. The van der Waals surface area contributed by atoms with Gasteiger partial charge in [0.1, 0.15) is 23.1 Å². The Morgan fingerprint density at radius 2 is 1.88 bits per heavy atom. The average molecular weight is 364 g/mol. The monoisotopic (exact) mass is 364 g/mol. The normalized spacial score (nSPS) is 12.0. The molecule has 0 aromatic heterocycles. The Morgan fingerprint density at radius 3 is 2.54 bits per heavy atom. The van der Waals surface area contributed by atoms with Crippen molar-refractivity contribution in [3.8, 4) is 11.5 Å². The lowest BCUT2D eigenvalue weighted by molar-refractivity contribution is -0.117. The second kappa shape index (κ2) is 8.62. The molecule has 0 spiro atoms. The summed E-state index contributed by atoms with van der Waals surface area (Å²) in [7, 11) is 4.69. The van der Waals surface area contributed by atoms with Crippen LogP contribution in [0.25, 0.3) is 0 Å². The molecule has 0 heterocycles. The summed E-state index contributed by atoms with van der Waals surface area (Å²) in [5, 5.41) is 2.75. The SMILES string of the molecule is COc1ccc(OC)c(NC(=O)CN(C)C(C)c2cc(F)ccc2F)c1. The van der Waals surface area contributed by atoms with Gasteiger partial charge in [0.2, 0.25) is 5.91 Å². The number of halogens is 2. The Morgan fingerprint density at radius 1 is 1.15 bits per heavy atom. The van der Waals surface area contributed by atoms with Crippen LogP contribution in [0.3, 0.4) is 0 Å². The Kier molecular flexibility index (Phi) is 6.52. The summed E-state index contributed by atoms with van der Waals surface area (Å²) >= 11 is 0. The molecule has 1 atom stereocenters. The maximum atomic E-state index is 13.9. The molecular formula is C19H22F2N2O3. The lowest BCUT2D eigenvalue weighted by Gasteiger charge is -2.25. The summed E-state index contributed by atoms with van der Waals surface area (Å²) in [6.45, 7) is 1.69. The van der Waals surface area contributed by atoms with Crippen LogP contribution in [0.2, 0.25) is 0 Å². The lowest BCUT2D eigenvalue weighted by Crippen LogP contribution is -2.32. The van der Waals surface area contributed by atoms with Gasteiger partial charge >= 0.3 is 0 Å². The third-order valence-electron chi connectivity index (χ3n) is 4.14. The number of methoxy groups -OCH3 is 2. The van der Waals surface area contributed by atoms with E-state index >= 15 is 0 Å². The van der Waals surface area contributed by atoms with Gasteiger partial charge in [-0.2, -0.15) is 0 Å². The van der Waals surface area contributed by atoms with E-state index in [4.69, 9.17) is 9.47 Å². The zero-order valence-electron chi connectivity index (χ0n) is 15.2. The topological polar surface area (TPSA) is 50.8 Å². The van der Waals surface area contributed by atoms with Crippen molar-refractivity contribution >= 4 is 11.6 Å². The molecule has 0 fully saturated rings. The number of hydrogen-bond donors (Lipinski definition) is 1. The van der Waals surface area contributed by atoms with Gasteiger partial charge in [0.15, 0.2) is 0 Å². The summed E-state index contributed by atoms with van der Waals surface area (Å²) < 4.78 is 37.7. The van der Waals surface area contributed by atoms with Crippen LogP contribution in [-0.4, -0.2) is 38.6 Å². The van der Waals surface area contributed by atoms with E-state index in [1.165, 1.54) is 14.2 Å². The fourth-order valence-corrected chi connectivity index (χ4v) is 2.54. The Hall–Kier alpha value is -2.67. The van der Waals surface area contributed by atoms with Crippen LogP contribution in [-0.2, 0) is 4.79 Å². The van der Waals surface area contributed by atoms with Crippen LogP contribution in [0.1, 0.15) is 18.5 Å². The molecule has 1 amide bonds. The number of likely N-dealkylation sites (N-methyl/N-ethyl adjacent to an activating group) is 1. The van der Waals surface area contributed by atoms with Crippen molar-refractivity contribution in [1.82, 2.24) is 4.90 Å². The van der Waals surface area contributed by atoms with Gasteiger partial charge in [0, 0.05) is 17.7 Å². The maximum absolute atomic E-state index is 13.9. The average Bonchev–Trinajstić information content (AvgIpc) is 2.62. The van der Waals surface area contributed by atoms with Crippen molar-refractivity contribution in [2.45, 2.75) is 13.0 Å². The second-order valence-electron chi connectivity index (χ2n) is 5.87. The summed E-state index contributed by atoms with van der Waals surface area (Å²) in [6, 6.07) is 7.84. The smallest absolute Gasteiger partial charge is 0.238 e. The fraction of sp³-hybridized carbons (Fsp3) is 0.316. The van der Waals surface area contributed by atoms with Crippen LogP contribution in [0.4, 0.5) is 14.5 Å². The molecule has 0 aliphatic carbocycles. The van der Waals surface area contributed by atoms with E-state index in [1.54, 1.807) is 37.1 Å². The minimum absolute atomic E-state index is 0.0164. The lowest BCUT2D eigenvalue weighted by atomic mass is 10.1. The molecule has 0 aliphatic heterocycles. The van der Waals surface area contributed by atoms with Gasteiger partial charge in [-0.15, -0.1) is 0 Å². The number of anilines is 1. The van der Waals surface area contributed by atoms with Crippen LogP contribution < -0.4 is 14.8 Å². The molecule has 1 N–H and O–H groups in total. The fourth-order valence-electron chi connectivity index (χ4n) is 2.54. The maximum Gasteiger partial charge on any atom is 0.238 e. The summed E-state index contributed by atoms with van der Waals surface area (Å²) in [5.41, 5.74) is 0.661. The van der Waals surface area contributed by atoms with Gasteiger partial charge in [-0.3, -0.25) is 9.69 Å². The van der Waals surface area contributed by atoms with Crippen molar-refractivity contribution in [2.24, 2.45) is 0 Å². The highest BCUT2D eigenvalue weighted by atomic mass is 19.1. The molecule has 0 radical (unpaired) electrons. The molecule has 0 aliphatic rings. The molecule has 2 aromatic carbocycles. The standard InChI is InChI=1S/C19H22F2N2O3/c1-12(15-9-13(20)5-7-16(15)21)23(2)11-19(24)22-17-10-14(25-3)6-8-18(17)26-4/h5-10,12H,11H2,1-4H3,(H,22,24). The second-order valence-corrected chi connectivity index (χ2v) is 5.87. The van der Waals surface area contributed by atoms with Gasteiger partial charge in [-0.25, -0.2) is 8.78 Å². The Balaban J connectivity index is 2.08. The Bertz CT molecular complexity index is 783. The number of carbonyl (C=O) groups excluding carboxylic acids is 1. The van der Waals surface area contributed by atoms with Crippen molar-refractivity contribution in [3.63, 3.8) is 0 Å². The quantitative estimate of drug-likeness (QED) is 0.815. The molecule has 5 nitrogen and oxygen atoms in total. The van der Waals surface area contributed by atoms with E-state index in [-0.39, 0.29) is 18.0 Å². The van der Waals surface area contributed by atoms with Crippen LogP contribution >= 0.6 is 0 Å². The van der Waals surface area contributed by atoms with Gasteiger partial charge in [-0.05, 0) is 44.3 Å². The van der Waals surface area contributed by atoms with E-state index in [2.05, 4.69) is 5.32 Å². The molecule has 0 saturated heterocycles. The highest BCUT2D eigenvalue weighted by Gasteiger charge is 2.19. The third kappa shape index (κ3) is 4.70. The molecule has 0 bridgehead atoms. The first-order chi connectivity index (χ1) is 12.3. The molecule has 0 saturated carbocycles. The van der Waals surface area contributed by atoms with Crippen molar-refractivity contribution in [2.75, 3.05) is 33.1 Å².